The van der Waals surface area contributed by atoms with Crippen molar-refractivity contribution in [1.29, 1.82) is 0 Å². The van der Waals surface area contributed by atoms with Gasteiger partial charge in [0, 0.05) is 0 Å². The normalized spacial score (nSPS) is 13.8. The largest absolute Gasteiger partial charge is 0.507 e. The number of amidine groups is 1. The Morgan fingerprint density at radius 1 is 1.16 bits per heavy atom. The molecule has 1 amide bonds. The lowest BCUT2D eigenvalue weighted by Crippen LogP contribution is -2.56. The Morgan fingerprint density at radius 2 is 1.87 bits per heavy atom. The molecular weight excluding hydrogens is 438 g/mol. The van der Waals surface area contributed by atoms with Crippen molar-refractivity contribution >= 4 is 41.2 Å². The number of hydrogen-bond donors (Lipinski definition) is 2. The molecular formula is C22H22ClN3O4S. The summed E-state index contributed by atoms with van der Waals surface area (Å²) in [7, 11) is 1.52. The number of methoxy groups -OCH3 is 1. The predicted molar refractivity (Wildman–Crippen MR) is 123 cm³/mol. The average molecular weight is 460 g/mol. The quantitative estimate of drug-likeness (QED) is 0.431. The summed E-state index contributed by atoms with van der Waals surface area (Å²) in [6, 6.07) is 15.8. The van der Waals surface area contributed by atoms with Crippen LogP contribution in [0, 0.1) is 0 Å². The highest BCUT2D eigenvalue weighted by Crippen LogP contribution is 2.27. The SMILES string of the molecule is COc1ccc(O)c(C(=O)N2CC(Oc3ccc(N=C(N)c4cccs4)cc3)C2)c1.Cl. The van der Waals surface area contributed by atoms with Crippen molar-refractivity contribution < 1.29 is 19.4 Å². The number of phenolic OH excluding ortho intramolecular Hbond substituents is 1. The number of ether oxygens (including phenoxy) is 2. The van der Waals surface area contributed by atoms with Gasteiger partial charge in [-0.1, -0.05) is 6.07 Å². The molecule has 1 aliphatic rings. The van der Waals surface area contributed by atoms with E-state index in [1.807, 2.05) is 41.8 Å². The summed E-state index contributed by atoms with van der Waals surface area (Å²) in [6.45, 7) is 0.890. The van der Waals surface area contributed by atoms with Crippen LogP contribution in [0.4, 0.5) is 5.69 Å². The third-order valence-corrected chi connectivity index (χ3v) is 5.62. The summed E-state index contributed by atoms with van der Waals surface area (Å²) in [5.74, 6) is 1.38. The van der Waals surface area contributed by atoms with Crippen molar-refractivity contribution in [3.63, 3.8) is 0 Å². The van der Waals surface area contributed by atoms with Crippen molar-refractivity contribution in [3.8, 4) is 17.2 Å². The van der Waals surface area contributed by atoms with Gasteiger partial charge in [0.25, 0.3) is 5.91 Å². The molecule has 0 atom stereocenters. The lowest BCUT2D eigenvalue weighted by molar-refractivity contribution is 0.0175. The summed E-state index contributed by atoms with van der Waals surface area (Å²) < 4.78 is 11.0. The number of thiophene rings is 1. The minimum Gasteiger partial charge on any atom is -0.507 e. The van der Waals surface area contributed by atoms with Crippen LogP contribution in [0.25, 0.3) is 0 Å². The molecule has 1 saturated heterocycles. The van der Waals surface area contributed by atoms with Crippen molar-refractivity contribution in [2.45, 2.75) is 6.10 Å². The van der Waals surface area contributed by atoms with E-state index < -0.39 is 0 Å². The summed E-state index contributed by atoms with van der Waals surface area (Å²) >= 11 is 1.54. The first kappa shape index (κ1) is 22.5. The number of phenols is 1. The summed E-state index contributed by atoms with van der Waals surface area (Å²) in [5.41, 5.74) is 6.97. The van der Waals surface area contributed by atoms with E-state index in [1.165, 1.54) is 19.2 Å². The lowest BCUT2D eigenvalue weighted by atomic mass is 10.1. The lowest BCUT2D eigenvalue weighted by Gasteiger charge is -2.39. The molecule has 31 heavy (non-hydrogen) atoms. The molecule has 0 aliphatic carbocycles. The van der Waals surface area contributed by atoms with Crippen LogP contribution in [-0.4, -0.2) is 48.1 Å². The molecule has 0 bridgehead atoms. The van der Waals surface area contributed by atoms with E-state index in [1.54, 1.807) is 22.3 Å². The monoisotopic (exact) mass is 459 g/mol. The first-order valence-electron chi connectivity index (χ1n) is 9.34. The van der Waals surface area contributed by atoms with Gasteiger partial charge in [0.15, 0.2) is 0 Å². The topological polar surface area (TPSA) is 97.4 Å². The fraction of sp³-hybridized carbons (Fsp3) is 0.182. The van der Waals surface area contributed by atoms with Gasteiger partial charge >= 0.3 is 0 Å². The standard InChI is InChI=1S/C22H21N3O4S.ClH/c1-28-16-8-9-19(26)18(11-16)22(27)25-12-17(13-25)29-15-6-4-14(5-7-15)24-21(23)20-3-2-10-30-20;/h2-11,17,26H,12-13H2,1H3,(H2,23,24);1H. The van der Waals surface area contributed by atoms with Gasteiger partial charge in [-0.3, -0.25) is 4.79 Å². The van der Waals surface area contributed by atoms with Crippen LogP contribution in [0.2, 0.25) is 0 Å². The van der Waals surface area contributed by atoms with Crippen LogP contribution in [0.1, 0.15) is 15.2 Å². The molecule has 0 unspecified atom stereocenters. The number of rotatable bonds is 6. The van der Waals surface area contributed by atoms with E-state index >= 15 is 0 Å². The minimum atomic E-state index is -0.250. The van der Waals surface area contributed by atoms with Crippen molar-refractivity contribution in [2.75, 3.05) is 20.2 Å². The van der Waals surface area contributed by atoms with Crippen LogP contribution in [0.3, 0.4) is 0 Å². The first-order valence-corrected chi connectivity index (χ1v) is 10.2. The third kappa shape index (κ3) is 5.10. The maximum Gasteiger partial charge on any atom is 0.258 e. The Labute approximate surface area is 190 Å². The number of hydrogen-bond acceptors (Lipinski definition) is 6. The Hall–Kier alpha value is -3.23. The van der Waals surface area contributed by atoms with Gasteiger partial charge < -0.3 is 25.2 Å². The second-order valence-electron chi connectivity index (χ2n) is 6.80. The van der Waals surface area contributed by atoms with Crippen molar-refractivity contribution in [1.82, 2.24) is 4.90 Å². The molecule has 4 rings (SSSR count). The van der Waals surface area contributed by atoms with E-state index in [9.17, 15) is 9.90 Å². The van der Waals surface area contributed by atoms with Gasteiger partial charge in [-0.25, -0.2) is 4.99 Å². The molecule has 7 nitrogen and oxygen atoms in total. The number of likely N-dealkylation sites (tertiary alicyclic amines) is 1. The van der Waals surface area contributed by atoms with Crippen LogP contribution >= 0.6 is 23.7 Å². The Morgan fingerprint density at radius 3 is 2.52 bits per heavy atom. The molecule has 2 aromatic carbocycles. The third-order valence-electron chi connectivity index (χ3n) is 4.73. The first-order chi connectivity index (χ1) is 14.5. The Balaban J connectivity index is 0.00000272. The summed E-state index contributed by atoms with van der Waals surface area (Å²) in [4.78, 5) is 19.5. The highest BCUT2D eigenvalue weighted by atomic mass is 35.5. The van der Waals surface area contributed by atoms with E-state index in [0.717, 1.165) is 10.6 Å². The number of aliphatic imine (C=N–C) groups is 1. The number of benzene rings is 2. The van der Waals surface area contributed by atoms with Gasteiger partial charge in [-0.2, -0.15) is 0 Å². The molecule has 0 radical (unpaired) electrons. The summed E-state index contributed by atoms with van der Waals surface area (Å²) in [5, 5.41) is 11.9. The highest BCUT2D eigenvalue weighted by Gasteiger charge is 2.34. The molecule has 0 saturated carbocycles. The molecule has 1 aromatic heterocycles. The van der Waals surface area contributed by atoms with E-state index in [2.05, 4.69) is 4.99 Å². The molecule has 3 aromatic rings. The maximum absolute atomic E-state index is 12.6. The van der Waals surface area contributed by atoms with E-state index in [4.69, 9.17) is 15.2 Å². The summed E-state index contributed by atoms with van der Waals surface area (Å²) in [6.07, 6.45) is -0.104. The number of halogens is 1. The zero-order chi connectivity index (χ0) is 21.1. The van der Waals surface area contributed by atoms with Crippen molar-refractivity contribution in [2.24, 2.45) is 10.7 Å². The number of nitrogens with zero attached hydrogens (tertiary/aromatic N) is 2. The number of nitrogens with two attached hydrogens (primary N) is 1. The molecule has 0 spiro atoms. The molecule has 162 valence electrons. The average Bonchev–Trinajstić information content (AvgIpc) is 3.26. The van der Waals surface area contributed by atoms with E-state index in [0.29, 0.717) is 30.4 Å². The molecule has 3 N–H and O–H groups in total. The van der Waals surface area contributed by atoms with Gasteiger partial charge in [0.2, 0.25) is 0 Å². The van der Waals surface area contributed by atoms with Gasteiger partial charge in [0.1, 0.15) is 29.2 Å². The second kappa shape index (κ2) is 9.72. The molecule has 1 aliphatic heterocycles. The fourth-order valence-electron chi connectivity index (χ4n) is 3.07. The fourth-order valence-corrected chi connectivity index (χ4v) is 3.70. The molecule has 1 fully saturated rings. The predicted octanol–water partition coefficient (Wildman–Crippen LogP) is 3.82. The Bertz CT molecular complexity index is 1060. The number of carbonyl (C=O) groups is 1. The van der Waals surface area contributed by atoms with Gasteiger partial charge in [-0.15, -0.1) is 23.7 Å². The van der Waals surface area contributed by atoms with E-state index in [-0.39, 0.29) is 35.7 Å². The molecule has 2 heterocycles. The Kier molecular flexibility index (Phi) is 7.04. The second-order valence-corrected chi connectivity index (χ2v) is 7.75. The highest BCUT2D eigenvalue weighted by molar-refractivity contribution is 7.12. The van der Waals surface area contributed by atoms with Crippen LogP contribution in [0.5, 0.6) is 17.2 Å². The zero-order valence-corrected chi connectivity index (χ0v) is 18.4. The van der Waals surface area contributed by atoms with Crippen LogP contribution in [-0.2, 0) is 0 Å². The molecule has 9 heteroatoms. The zero-order valence-electron chi connectivity index (χ0n) is 16.7. The maximum atomic E-state index is 12.6. The number of carbonyl (C=O) groups excluding carboxylic acids is 1. The van der Waals surface area contributed by atoms with Gasteiger partial charge in [0.05, 0.1) is 36.3 Å². The van der Waals surface area contributed by atoms with Gasteiger partial charge in [-0.05, 0) is 53.9 Å². The minimum absolute atomic E-state index is 0. The number of aromatic hydroxyl groups is 1. The van der Waals surface area contributed by atoms with Crippen LogP contribution < -0.4 is 15.2 Å². The smallest absolute Gasteiger partial charge is 0.258 e. The van der Waals surface area contributed by atoms with Crippen molar-refractivity contribution in [3.05, 3.63) is 70.4 Å². The van der Waals surface area contributed by atoms with Crippen LogP contribution in [0.15, 0.2) is 65.0 Å². The number of amides is 1.